The van der Waals surface area contributed by atoms with Crippen molar-refractivity contribution in [2.75, 3.05) is 36.0 Å². The molecule has 1 atom stereocenters. The third kappa shape index (κ3) is 3.99. The molecule has 2 aromatic rings. The first kappa shape index (κ1) is 23.2. The topological polar surface area (TPSA) is 78.6 Å². The Bertz CT molecular complexity index is 1130. The van der Waals surface area contributed by atoms with Crippen molar-refractivity contribution in [2.45, 2.75) is 59.4 Å². The van der Waals surface area contributed by atoms with Gasteiger partial charge < -0.3 is 10.2 Å². The summed E-state index contributed by atoms with van der Waals surface area (Å²) in [5.41, 5.74) is 6.06. The second-order valence-electron chi connectivity index (χ2n) is 10.2. The molecule has 2 fully saturated rings. The van der Waals surface area contributed by atoms with Gasteiger partial charge in [-0.25, -0.2) is 0 Å². The average Bonchev–Trinajstić information content (AvgIpc) is 3.05. The van der Waals surface area contributed by atoms with Gasteiger partial charge in [0.2, 0.25) is 0 Å². The van der Waals surface area contributed by atoms with Crippen LogP contribution in [0.2, 0.25) is 0 Å². The number of nitrogens with one attached hydrogen (secondary N) is 3. The Kier molecular flexibility index (Phi) is 6.10. The molecule has 7 heteroatoms. The maximum Gasteiger partial charge on any atom is 0.132 e. The molecule has 3 N–H and O–H groups in total. The van der Waals surface area contributed by atoms with E-state index < -0.39 is 0 Å². The summed E-state index contributed by atoms with van der Waals surface area (Å²) in [6.07, 6.45) is 5.19. The molecule has 1 unspecified atom stereocenters. The summed E-state index contributed by atoms with van der Waals surface area (Å²) in [6.45, 7) is 12.5. The van der Waals surface area contributed by atoms with Gasteiger partial charge in [0.05, 0.1) is 5.71 Å². The van der Waals surface area contributed by atoms with Crippen molar-refractivity contribution in [3.8, 4) is 0 Å². The number of fused-ring (bicyclic) bond motifs is 1. The molecule has 1 aromatic carbocycles. The van der Waals surface area contributed by atoms with E-state index in [1.807, 2.05) is 6.92 Å². The van der Waals surface area contributed by atoms with Crippen molar-refractivity contribution in [1.29, 1.82) is 10.8 Å². The molecule has 180 valence electrons. The lowest BCUT2D eigenvalue weighted by Crippen LogP contribution is -2.48. The fourth-order valence-corrected chi connectivity index (χ4v) is 7.06. The molecular formula is C27H36N6S. The molecule has 0 bridgehead atoms. The predicted molar refractivity (Wildman–Crippen MR) is 145 cm³/mol. The van der Waals surface area contributed by atoms with Gasteiger partial charge >= 0.3 is 0 Å². The van der Waals surface area contributed by atoms with Crippen LogP contribution in [-0.2, 0) is 0 Å². The van der Waals surface area contributed by atoms with E-state index in [1.165, 1.54) is 41.8 Å². The molecule has 1 aromatic heterocycles. The van der Waals surface area contributed by atoms with Gasteiger partial charge in [-0.2, -0.15) is 0 Å². The first-order chi connectivity index (χ1) is 16.3. The highest BCUT2D eigenvalue weighted by Crippen LogP contribution is 2.41. The van der Waals surface area contributed by atoms with E-state index in [2.05, 4.69) is 48.3 Å². The lowest BCUT2D eigenvalue weighted by molar-refractivity contribution is 0.167. The number of benzene rings is 1. The smallest absolute Gasteiger partial charge is 0.132 e. The van der Waals surface area contributed by atoms with Crippen LogP contribution < -0.4 is 15.1 Å². The minimum Gasteiger partial charge on any atom is -0.371 e. The Morgan fingerprint density at radius 1 is 1.15 bits per heavy atom. The van der Waals surface area contributed by atoms with E-state index in [-0.39, 0.29) is 6.04 Å². The van der Waals surface area contributed by atoms with E-state index in [4.69, 9.17) is 15.8 Å². The number of piperidine rings is 2. The molecule has 1 spiro atoms. The molecule has 5 rings (SSSR count). The van der Waals surface area contributed by atoms with Crippen LogP contribution in [0.5, 0.6) is 0 Å². The van der Waals surface area contributed by atoms with E-state index in [0.717, 1.165) is 48.0 Å². The number of aryl methyl sites for hydroxylation is 1. The van der Waals surface area contributed by atoms with Crippen LogP contribution in [0.15, 0.2) is 29.3 Å². The Balaban J connectivity index is 1.49. The number of thiophene rings is 1. The summed E-state index contributed by atoms with van der Waals surface area (Å²) in [6, 6.07) is 8.62. The number of rotatable bonds is 2. The van der Waals surface area contributed by atoms with Gasteiger partial charge in [-0.05, 0) is 89.6 Å². The minimum atomic E-state index is -0.309. The lowest BCUT2D eigenvalue weighted by atomic mass is 9.73. The van der Waals surface area contributed by atoms with E-state index in [1.54, 1.807) is 23.2 Å². The van der Waals surface area contributed by atoms with Crippen molar-refractivity contribution in [3.05, 3.63) is 45.8 Å². The fraction of sp³-hybridized carbons (Fsp3) is 0.519. The molecule has 3 aliphatic heterocycles. The minimum absolute atomic E-state index is 0.309. The Labute approximate surface area is 207 Å². The van der Waals surface area contributed by atoms with Gasteiger partial charge in [-0.1, -0.05) is 12.1 Å². The number of anilines is 2. The quantitative estimate of drug-likeness (QED) is 0.404. The molecule has 0 radical (unpaired) electrons. The summed E-state index contributed by atoms with van der Waals surface area (Å²) in [5.74, 6) is 0.727. The van der Waals surface area contributed by atoms with Crippen LogP contribution in [0.25, 0.3) is 0 Å². The van der Waals surface area contributed by atoms with Crippen LogP contribution in [-0.4, -0.2) is 49.6 Å². The Morgan fingerprint density at radius 2 is 1.85 bits per heavy atom. The highest BCUT2D eigenvalue weighted by atomic mass is 32.1. The number of hydrogen-bond donors (Lipinski definition) is 3. The molecule has 0 saturated carbocycles. The van der Waals surface area contributed by atoms with E-state index >= 15 is 0 Å². The number of nitrogens with zero attached hydrogens (tertiary/aromatic N) is 3. The molecule has 4 heterocycles. The Hall–Kier alpha value is -2.51. The predicted octanol–water partition coefficient (Wildman–Crippen LogP) is 5.36. The van der Waals surface area contributed by atoms with Crippen LogP contribution in [0.3, 0.4) is 0 Å². The van der Waals surface area contributed by atoms with Crippen LogP contribution >= 0.6 is 11.3 Å². The van der Waals surface area contributed by atoms with Crippen LogP contribution in [0, 0.1) is 30.1 Å². The zero-order chi connectivity index (χ0) is 24.0. The summed E-state index contributed by atoms with van der Waals surface area (Å²) in [5, 5.41) is 21.5. The summed E-state index contributed by atoms with van der Waals surface area (Å²) in [7, 11) is 0. The zero-order valence-corrected chi connectivity index (χ0v) is 21.6. The summed E-state index contributed by atoms with van der Waals surface area (Å²) in [4.78, 5) is 10.6. The average molecular weight is 477 g/mol. The standard InChI is InChI=1S/C27H36N6S/c1-17-19(3)34-26-23(17)24(31-18(2)25(29)33(26)20(4)28)21-6-8-22(9-7-21)32-15-5-10-27(16-32)11-13-30-14-12-27/h6-9,18,28-30H,5,10-16H2,1-4H3. The van der Waals surface area contributed by atoms with Crippen LogP contribution in [0.1, 0.15) is 61.1 Å². The Morgan fingerprint density at radius 3 is 2.53 bits per heavy atom. The number of hydrogen-bond acceptors (Lipinski definition) is 6. The first-order valence-electron chi connectivity index (χ1n) is 12.5. The van der Waals surface area contributed by atoms with Crippen LogP contribution in [0.4, 0.5) is 10.7 Å². The molecule has 6 nitrogen and oxygen atoms in total. The van der Waals surface area contributed by atoms with Gasteiger partial charge in [0.15, 0.2) is 0 Å². The van der Waals surface area contributed by atoms with Gasteiger partial charge in [0.25, 0.3) is 0 Å². The normalized spacial score (nSPS) is 22.4. The first-order valence-corrected chi connectivity index (χ1v) is 13.3. The summed E-state index contributed by atoms with van der Waals surface area (Å²) >= 11 is 1.66. The second kappa shape index (κ2) is 8.93. The number of amidine groups is 2. The van der Waals surface area contributed by atoms with Crippen molar-refractivity contribution in [1.82, 2.24) is 5.32 Å². The molecule has 34 heavy (non-hydrogen) atoms. The third-order valence-corrected chi connectivity index (χ3v) is 9.13. The summed E-state index contributed by atoms with van der Waals surface area (Å²) < 4.78 is 0. The highest BCUT2D eigenvalue weighted by molar-refractivity contribution is 7.17. The largest absolute Gasteiger partial charge is 0.371 e. The third-order valence-electron chi connectivity index (χ3n) is 7.93. The molecule has 0 aliphatic carbocycles. The van der Waals surface area contributed by atoms with E-state index in [9.17, 15) is 0 Å². The molecule has 3 aliphatic rings. The number of aliphatic imine (C=N–C) groups is 1. The van der Waals surface area contributed by atoms with Crippen molar-refractivity contribution in [3.63, 3.8) is 0 Å². The monoisotopic (exact) mass is 476 g/mol. The van der Waals surface area contributed by atoms with E-state index in [0.29, 0.717) is 17.1 Å². The maximum absolute atomic E-state index is 8.72. The maximum atomic E-state index is 8.72. The van der Waals surface area contributed by atoms with Gasteiger partial charge in [0.1, 0.15) is 22.7 Å². The van der Waals surface area contributed by atoms with Gasteiger partial charge in [-0.3, -0.25) is 20.7 Å². The SMILES string of the molecule is CC(=N)N1C(=N)C(C)N=C(c2ccc(N3CCCC4(CCNCC4)C3)cc2)c2c1sc(C)c2C. The molecule has 2 saturated heterocycles. The van der Waals surface area contributed by atoms with Crippen molar-refractivity contribution >= 4 is 39.4 Å². The zero-order valence-electron chi connectivity index (χ0n) is 20.8. The van der Waals surface area contributed by atoms with Gasteiger partial charge in [-0.15, -0.1) is 11.3 Å². The molecule has 0 amide bonds. The second-order valence-corrected chi connectivity index (χ2v) is 11.4. The molecular weight excluding hydrogens is 440 g/mol. The van der Waals surface area contributed by atoms with Gasteiger partial charge in [0, 0.05) is 34.8 Å². The lowest BCUT2D eigenvalue weighted by Gasteiger charge is -2.46. The fourth-order valence-electron chi connectivity index (χ4n) is 5.84. The van der Waals surface area contributed by atoms with Crippen molar-refractivity contribution < 1.29 is 0 Å². The highest BCUT2D eigenvalue weighted by Gasteiger charge is 2.37. The van der Waals surface area contributed by atoms with Crippen molar-refractivity contribution in [2.24, 2.45) is 10.4 Å².